The van der Waals surface area contributed by atoms with Gasteiger partial charge in [0.25, 0.3) is 0 Å². The van der Waals surface area contributed by atoms with Gasteiger partial charge in [-0.25, -0.2) is 18.6 Å². The first-order valence-corrected chi connectivity index (χ1v) is 11.3. The van der Waals surface area contributed by atoms with E-state index < -0.39 is 17.8 Å². The number of urea groups is 1. The Labute approximate surface area is 189 Å². The van der Waals surface area contributed by atoms with Crippen molar-refractivity contribution in [3.8, 4) is 0 Å². The van der Waals surface area contributed by atoms with E-state index in [1.165, 1.54) is 12.3 Å². The molecule has 1 unspecified atom stereocenters. The van der Waals surface area contributed by atoms with Crippen molar-refractivity contribution in [3.05, 3.63) is 41.5 Å². The molecule has 0 radical (unpaired) electrons. The monoisotopic (exact) mass is 459 g/mol. The van der Waals surface area contributed by atoms with Crippen LogP contribution in [0, 0.1) is 5.82 Å². The second kappa shape index (κ2) is 9.34. The lowest BCUT2D eigenvalue weighted by molar-refractivity contribution is 0.0520. The molecule has 5 rings (SSSR count). The Bertz CT molecular complexity index is 1080. The first-order chi connectivity index (χ1) is 16.1. The number of nitrogens with zero attached hydrogens (tertiary/aromatic N) is 3. The summed E-state index contributed by atoms with van der Waals surface area (Å²) in [7, 11) is 0. The molecule has 0 spiro atoms. The summed E-state index contributed by atoms with van der Waals surface area (Å²) in [5.41, 5.74) is 1.22. The summed E-state index contributed by atoms with van der Waals surface area (Å²) in [6.07, 6.45) is 6.81. The number of carbonyl (C=O) groups is 1. The molecule has 2 amide bonds. The Kier molecular flexibility index (Phi) is 6.12. The number of morpholine rings is 1. The van der Waals surface area contributed by atoms with E-state index in [9.17, 15) is 13.6 Å². The molecule has 0 bridgehead atoms. The number of hydrogen-bond acceptors (Lipinski definition) is 6. The molecule has 3 aliphatic rings. The first kappa shape index (κ1) is 21.6. The number of aromatic amines is 1. The van der Waals surface area contributed by atoms with E-state index in [0.29, 0.717) is 49.3 Å². The molecule has 2 aromatic heterocycles. The Morgan fingerprint density at radius 1 is 1.21 bits per heavy atom. The second-order valence-electron chi connectivity index (χ2n) is 8.60. The molecule has 1 aliphatic carbocycles. The van der Waals surface area contributed by atoms with E-state index in [2.05, 4.69) is 30.9 Å². The molecule has 33 heavy (non-hydrogen) atoms. The predicted molar refractivity (Wildman–Crippen MR) is 119 cm³/mol. The van der Waals surface area contributed by atoms with Crippen LogP contribution in [0.15, 0.2) is 35.1 Å². The van der Waals surface area contributed by atoms with Gasteiger partial charge in [0.05, 0.1) is 25.6 Å². The molecular formula is C22H27F2N7O2. The summed E-state index contributed by atoms with van der Waals surface area (Å²) in [6.45, 7) is 2.30. The van der Waals surface area contributed by atoms with Gasteiger partial charge in [-0.3, -0.25) is 4.99 Å². The number of nitrogens with one attached hydrogen (secondary N) is 4. The first-order valence-electron chi connectivity index (χ1n) is 11.3. The number of hydrogen-bond donors (Lipinski definition) is 4. The number of amides is 2. The van der Waals surface area contributed by atoms with E-state index in [4.69, 9.17) is 4.74 Å². The topological polar surface area (TPSA) is 107 Å². The maximum Gasteiger partial charge on any atom is 0.317 e. The van der Waals surface area contributed by atoms with Crippen LogP contribution in [0.25, 0.3) is 11.0 Å². The zero-order valence-corrected chi connectivity index (χ0v) is 18.1. The van der Waals surface area contributed by atoms with E-state index >= 15 is 0 Å². The minimum atomic E-state index is -0.579. The molecule has 2 aliphatic heterocycles. The van der Waals surface area contributed by atoms with Crippen molar-refractivity contribution >= 4 is 23.3 Å². The van der Waals surface area contributed by atoms with Crippen LogP contribution in [-0.4, -0.2) is 65.5 Å². The molecule has 11 heteroatoms. The number of rotatable bonds is 4. The minimum Gasteiger partial charge on any atom is -0.378 e. The van der Waals surface area contributed by atoms with Crippen LogP contribution in [0.1, 0.15) is 37.4 Å². The summed E-state index contributed by atoms with van der Waals surface area (Å²) in [6, 6.07) is 1.33. The average molecular weight is 460 g/mol. The Morgan fingerprint density at radius 3 is 2.88 bits per heavy atom. The fourth-order valence-corrected chi connectivity index (χ4v) is 4.63. The standard InChI is InChI=1S/C22H27F2N7O2/c23-13-8-16-17(11-26-19(16)25-10-13)20-27-12-18(24)21(30-20)28-14-2-1-3-15(9-14)29-22(32)31-4-6-33-7-5-31/h8,10-12,14-15,20,28,30H,1-7,9H2,(H,25,26)(H,29,32)/t14-,15+,20?/m0/s1. The fraction of sp³-hybridized carbons (Fsp3) is 0.500. The number of aromatic nitrogens is 2. The number of pyridine rings is 1. The lowest BCUT2D eigenvalue weighted by Crippen LogP contribution is -2.52. The maximum atomic E-state index is 14.6. The number of halogens is 2. The summed E-state index contributed by atoms with van der Waals surface area (Å²) < 4.78 is 33.6. The summed E-state index contributed by atoms with van der Waals surface area (Å²) in [4.78, 5) is 25.6. The normalized spacial score (nSPS) is 25.8. The van der Waals surface area contributed by atoms with Crippen LogP contribution >= 0.6 is 0 Å². The van der Waals surface area contributed by atoms with Crippen LogP contribution in [0.5, 0.6) is 0 Å². The van der Waals surface area contributed by atoms with Gasteiger partial charge < -0.3 is 30.6 Å². The van der Waals surface area contributed by atoms with Crippen LogP contribution < -0.4 is 16.0 Å². The number of aliphatic imine (C=N–C) groups is 1. The van der Waals surface area contributed by atoms with Gasteiger partial charge in [0.1, 0.15) is 23.5 Å². The molecule has 2 aromatic rings. The van der Waals surface area contributed by atoms with Gasteiger partial charge in [0.2, 0.25) is 0 Å². The van der Waals surface area contributed by atoms with Crippen molar-refractivity contribution in [2.24, 2.45) is 4.99 Å². The predicted octanol–water partition coefficient (Wildman–Crippen LogP) is 2.46. The van der Waals surface area contributed by atoms with E-state index in [0.717, 1.165) is 25.5 Å². The molecule has 0 aromatic carbocycles. The van der Waals surface area contributed by atoms with Crippen LogP contribution in [0.2, 0.25) is 0 Å². The molecule has 4 N–H and O–H groups in total. The lowest BCUT2D eigenvalue weighted by Gasteiger charge is -2.35. The molecule has 4 heterocycles. The van der Waals surface area contributed by atoms with Gasteiger partial charge in [-0.15, -0.1) is 0 Å². The third-order valence-electron chi connectivity index (χ3n) is 6.33. The van der Waals surface area contributed by atoms with E-state index in [-0.39, 0.29) is 23.9 Å². The minimum absolute atomic E-state index is 0.00350. The van der Waals surface area contributed by atoms with Crippen molar-refractivity contribution in [2.45, 2.75) is 43.9 Å². The van der Waals surface area contributed by atoms with Gasteiger partial charge in [-0.05, 0) is 31.7 Å². The Balaban J connectivity index is 1.22. The molecule has 1 saturated carbocycles. The highest BCUT2D eigenvalue weighted by Crippen LogP contribution is 2.28. The van der Waals surface area contributed by atoms with E-state index in [1.807, 2.05) is 0 Å². The highest BCUT2D eigenvalue weighted by atomic mass is 19.1. The second-order valence-corrected chi connectivity index (χ2v) is 8.60. The number of carbonyl (C=O) groups excluding carboxylic acids is 1. The molecule has 176 valence electrons. The van der Waals surface area contributed by atoms with Gasteiger partial charge in [-0.1, -0.05) is 0 Å². The van der Waals surface area contributed by atoms with Crippen molar-refractivity contribution < 1.29 is 18.3 Å². The maximum absolute atomic E-state index is 14.6. The number of allylic oxidation sites excluding steroid dienone is 1. The number of fused-ring (bicyclic) bond motifs is 1. The number of H-pyrrole nitrogens is 1. The number of ether oxygens (including phenoxy) is 1. The molecule has 3 atom stereocenters. The molecule has 2 fully saturated rings. The summed E-state index contributed by atoms with van der Waals surface area (Å²) in [5, 5.41) is 10.1. The molecule has 1 saturated heterocycles. The third kappa shape index (κ3) is 4.77. The van der Waals surface area contributed by atoms with Gasteiger partial charge in [0, 0.05) is 42.3 Å². The van der Waals surface area contributed by atoms with Gasteiger partial charge >= 0.3 is 6.03 Å². The summed E-state index contributed by atoms with van der Waals surface area (Å²) in [5.74, 6) is -0.690. The highest BCUT2D eigenvalue weighted by Gasteiger charge is 2.28. The van der Waals surface area contributed by atoms with Crippen LogP contribution in [0.4, 0.5) is 13.6 Å². The van der Waals surface area contributed by atoms with Crippen molar-refractivity contribution in [3.63, 3.8) is 0 Å². The third-order valence-corrected chi connectivity index (χ3v) is 6.33. The zero-order chi connectivity index (χ0) is 22.8. The van der Waals surface area contributed by atoms with Crippen LogP contribution in [-0.2, 0) is 4.74 Å². The Morgan fingerprint density at radius 2 is 2.03 bits per heavy atom. The largest absolute Gasteiger partial charge is 0.378 e. The SMILES string of the molecule is O=C(N[C@@H]1CCC[C@H](NC2=C(F)C=NC(c3c[nH]c4ncc(F)cc34)N2)C1)N1CCOCC1. The van der Waals surface area contributed by atoms with Gasteiger partial charge in [-0.2, -0.15) is 0 Å². The van der Waals surface area contributed by atoms with Crippen molar-refractivity contribution in [2.75, 3.05) is 26.3 Å². The zero-order valence-electron chi connectivity index (χ0n) is 18.1. The van der Waals surface area contributed by atoms with Crippen molar-refractivity contribution in [1.82, 2.24) is 30.8 Å². The molecular weight excluding hydrogens is 432 g/mol. The highest BCUT2D eigenvalue weighted by molar-refractivity contribution is 5.82. The quantitative estimate of drug-likeness (QED) is 0.562. The lowest BCUT2D eigenvalue weighted by atomic mass is 9.91. The average Bonchev–Trinajstić information content (AvgIpc) is 3.24. The fourth-order valence-electron chi connectivity index (χ4n) is 4.63. The molecule has 9 nitrogen and oxygen atoms in total. The van der Waals surface area contributed by atoms with Crippen LogP contribution in [0.3, 0.4) is 0 Å². The Hall–Kier alpha value is -3.21. The van der Waals surface area contributed by atoms with E-state index in [1.54, 1.807) is 11.1 Å². The van der Waals surface area contributed by atoms with Crippen molar-refractivity contribution in [1.29, 1.82) is 0 Å². The summed E-state index contributed by atoms with van der Waals surface area (Å²) >= 11 is 0. The van der Waals surface area contributed by atoms with Gasteiger partial charge in [0.15, 0.2) is 5.83 Å². The smallest absolute Gasteiger partial charge is 0.317 e.